The molecule has 5 heteroatoms. The Hall–Kier alpha value is -0.910. The van der Waals surface area contributed by atoms with Crippen LogP contribution in [0.5, 0.6) is 0 Å². The van der Waals surface area contributed by atoms with Crippen LogP contribution in [0.15, 0.2) is 17.5 Å². The number of carbonyl (C=O) groups excluding carboxylic acids is 1. The minimum absolute atomic E-state index is 0.231. The van der Waals surface area contributed by atoms with Crippen LogP contribution in [0.25, 0.3) is 0 Å². The number of aliphatic hydroxyl groups is 1. The van der Waals surface area contributed by atoms with Crippen LogP contribution in [0.2, 0.25) is 0 Å². The predicted molar refractivity (Wildman–Crippen MR) is 63.0 cm³/mol. The van der Waals surface area contributed by atoms with Crippen LogP contribution >= 0.6 is 11.3 Å². The monoisotopic (exact) mass is 240 g/mol. The number of hydrogen-bond donors (Lipinski definition) is 3. The molecule has 88 valence electrons. The van der Waals surface area contributed by atoms with Gasteiger partial charge in [0.05, 0.1) is 0 Å². The summed E-state index contributed by atoms with van der Waals surface area (Å²) in [4.78, 5) is 12.0. The van der Waals surface area contributed by atoms with Crippen LogP contribution in [0.1, 0.15) is 23.8 Å². The van der Waals surface area contributed by atoms with Crippen molar-refractivity contribution in [3.05, 3.63) is 22.4 Å². The molecule has 0 bridgehead atoms. The Balaban J connectivity index is 1.91. The van der Waals surface area contributed by atoms with Gasteiger partial charge in [-0.3, -0.25) is 4.79 Å². The van der Waals surface area contributed by atoms with E-state index in [1.807, 2.05) is 11.4 Å². The number of nitrogens with two attached hydrogens (primary N) is 1. The Morgan fingerprint density at radius 1 is 1.69 bits per heavy atom. The fraction of sp³-hybridized carbons (Fsp3) is 0.545. The van der Waals surface area contributed by atoms with Gasteiger partial charge in [0.1, 0.15) is 6.10 Å². The Labute approximate surface area is 98.5 Å². The summed E-state index contributed by atoms with van der Waals surface area (Å²) in [7, 11) is 0. The van der Waals surface area contributed by atoms with Gasteiger partial charge in [0, 0.05) is 17.5 Å². The molecule has 1 aliphatic carbocycles. The standard InChI is InChI=1S/C11H16N2O2S/c12-11(15)8(14)6-13-10(7-3-4-7)9-2-1-5-16-9/h1-2,5,7-8,10,13-14H,3-4,6H2,(H2,12,15). The first-order valence-electron chi connectivity index (χ1n) is 5.42. The summed E-state index contributed by atoms with van der Waals surface area (Å²) in [6.07, 6.45) is 1.32. The molecule has 1 fully saturated rings. The van der Waals surface area contributed by atoms with E-state index in [-0.39, 0.29) is 12.6 Å². The number of nitrogens with one attached hydrogen (secondary N) is 1. The number of thiophene rings is 1. The van der Waals surface area contributed by atoms with E-state index in [9.17, 15) is 9.90 Å². The number of aliphatic hydroxyl groups excluding tert-OH is 1. The summed E-state index contributed by atoms with van der Waals surface area (Å²) in [6.45, 7) is 0.231. The van der Waals surface area contributed by atoms with Crippen molar-refractivity contribution in [1.82, 2.24) is 5.32 Å². The predicted octanol–water partition coefficient (Wildman–Crippen LogP) is 0.635. The van der Waals surface area contributed by atoms with Crippen molar-refractivity contribution in [3.63, 3.8) is 0 Å². The van der Waals surface area contributed by atoms with E-state index in [1.165, 1.54) is 17.7 Å². The molecule has 0 radical (unpaired) electrons. The molecular formula is C11H16N2O2S. The highest BCUT2D eigenvalue weighted by atomic mass is 32.1. The molecule has 1 heterocycles. The molecule has 1 aliphatic rings. The molecule has 1 aromatic rings. The molecule has 1 amide bonds. The molecular weight excluding hydrogens is 224 g/mol. The minimum atomic E-state index is -1.10. The average molecular weight is 240 g/mol. The Morgan fingerprint density at radius 2 is 2.44 bits per heavy atom. The molecule has 4 nitrogen and oxygen atoms in total. The van der Waals surface area contributed by atoms with Crippen molar-refractivity contribution in [2.75, 3.05) is 6.54 Å². The highest BCUT2D eigenvalue weighted by molar-refractivity contribution is 7.10. The first-order chi connectivity index (χ1) is 7.68. The molecule has 1 saturated carbocycles. The molecule has 1 aromatic heterocycles. The number of hydrogen-bond acceptors (Lipinski definition) is 4. The first kappa shape index (κ1) is 11.6. The first-order valence-corrected chi connectivity index (χ1v) is 6.30. The number of rotatable bonds is 6. The molecule has 4 N–H and O–H groups in total. The smallest absolute Gasteiger partial charge is 0.247 e. The Morgan fingerprint density at radius 3 is 2.94 bits per heavy atom. The second kappa shape index (κ2) is 4.95. The van der Waals surface area contributed by atoms with Crippen molar-refractivity contribution in [3.8, 4) is 0 Å². The molecule has 2 unspecified atom stereocenters. The fourth-order valence-corrected chi connectivity index (χ4v) is 2.63. The summed E-state index contributed by atoms with van der Waals surface area (Å²) in [6, 6.07) is 4.35. The normalized spacial score (nSPS) is 19.3. The quantitative estimate of drug-likeness (QED) is 0.683. The fourth-order valence-electron chi connectivity index (χ4n) is 1.74. The van der Waals surface area contributed by atoms with Crippen LogP contribution in [-0.2, 0) is 4.79 Å². The zero-order chi connectivity index (χ0) is 11.5. The summed E-state index contributed by atoms with van der Waals surface area (Å²) < 4.78 is 0. The van der Waals surface area contributed by atoms with Crippen LogP contribution in [0.3, 0.4) is 0 Å². The number of amides is 1. The van der Waals surface area contributed by atoms with Gasteiger partial charge in [0.2, 0.25) is 5.91 Å². The minimum Gasteiger partial charge on any atom is -0.382 e. The summed E-state index contributed by atoms with van der Waals surface area (Å²) in [5, 5.41) is 14.6. The lowest BCUT2D eigenvalue weighted by Gasteiger charge is -2.18. The van der Waals surface area contributed by atoms with E-state index in [2.05, 4.69) is 11.4 Å². The van der Waals surface area contributed by atoms with Crippen LogP contribution in [0, 0.1) is 5.92 Å². The van der Waals surface area contributed by atoms with E-state index in [1.54, 1.807) is 11.3 Å². The summed E-state index contributed by atoms with van der Waals surface area (Å²) >= 11 is 1.70. The van der Waals surface area contributed by atoms with Gasteiger partial charge in [-0.25, -0.2) is 0 Å². The molecule has 16 heavy (non-hydrogen) atoms. The average Bonchev–Trinajstić information content (AvgIpc) is 2.93. The van der Waals surface area contributed by atoms with Crippen LogP contribution in [-0.4, -0.2) is 23.7 Å². The topological polar surface area (TPSA) is 75.4 Å². The van der Waals surface area contributed by atoms with Crippen molar-refractivity contribution in [2.24, 2.45) is 11.7 Å². The van der Waals surface area contributed by atoms with Crippen LogP contribution < -0.4 is 11.1 Å². The van der Waals surface area contributed by atoms with Gasteiger partial charge in [-0.1, -0.05) is 6.07 Å². The third-order valence-corrected chi connectivity index (χ3v) is 3.76. The molecule has 0 saturated heterocycles. The van der Waals surface area contributed by atoms with Crippen molar-refractivity contribution in [1.29, 1.82) is 0 Å². The highest BCUT2D eigenvalue weighted by Crippen LogP contribution is 2.42. The van der Waals surface area contributed by atoms with Gasteiger partial charge in [-0.05, 0) is 30.2 Å². The zero-order valence-corrected chi connectivity index (χ0v) is 9.74. The third kappa shape index (κ3) is 2.81. The van der Waals surface area contributed by atoms with Gasteiger partial charge >= 0.3 is 0 Å². The summed E-state index contributed by atoms with van der Waals surface area (Å²) in [5.41, 5.74) is 5.01. The Bertz CT molecular complexity index is 349. The van der Waals surface area contributed by atoms with Gasteiger partial charge in [-0.2, -0.15) is 0 Å². The molecule has 0 aromatic carbocycles. The number of carbonyl (C=O) groups is 1. The van der Waals surface area contributed by atoms with E-state index < -0.39 is 12.0 Å². The molecule has 2 rings (SSSR count). The second-order valence-corrected chi connectivity index (χ2v) is 5.14. The number of primary amides is 1. The van der Waals surface area contributed by atoms with E-state index in [0.717, 1.165) is 0 Å². The van der Waals surface area contributed by atoms with Crippen molar-refractivity contribution < 1.29 is 9.90 Å². The molecule has 2 atom stereocenters. The van der Waals surface area contributed by atoms with E-state index in [4.69, 9.17) is 5.73 Å². The van der Waals surface area contributed by atoms with Crippen LogP contribution in [0.4, 0.5) is 0 Å². The maximum absolute atomic E-state index is 10.7. The van der Waals surface area contributed by atoms with Gasteiger partial charge in [0.25, 0.3) is 0 Å². The van der Waals surface area contributed by atoms with Gasteiger partial charge in [-0.15, -0.1) is 11.3 Å². The molecule has 0 aliphatic heterocycles. The summed E-state index contributed by atoms with van der Waals surface area (Å²) in [5.74, 6) is -0.0352. The largest absolute Gasteiger partial charge is 0.382 e. The van der Waals surface area contributed by atoms with Gasteiger partial charge < -0.3 is 16.2 Å². The van der Waals surface area contributed by atoms with Gasteiger partial charge in [0.15, 0.2) is 0 Å². The second-order valence-electron chi connectivity index (χ2n) is 4.16. The third-order valence-electron chi connectivity index (χ3n) is 2.80. The maximum Gasteiger partial charge on any atom is 0.247 e. The highest BCUT2D eigenvalue weighted by Gasteiger charge is 2.33. The molecule has 0 spiro atoms. The van der Waals surface area contributed by atoms with E-state index >= 15 is 0 Å². The lowest BCUT2D eigenvalue weighted by atomic mass is 10.1. The lowest BCUT2D eigenvalue weighted by Crippen LogP contribution is -2.39. The Kier molecular flexibility index (Phi) is 3.58. The van der Waals surface area contributed by atoms with E-state index in [0.29, 0.717) is 5.92 Å². The zero-order valence-electron chi connectivity index (χ0n) is 8.93. The SMILES string of the molecule is NC(=O)C(O)CNC(c1cccs1)C1CC1. The maximum atomic E-state index is 10.7. The van der Waals surface area contributed by atoms with Crippen molar-refractivity contribution >= 4 is 17.2 Å². The van der Waals surface area contributed by atoms with Crippen molar-refractivity contribution in [2.45, 2.75) is 25.0 Å². The lowest BCUT2D eigenvalue weighted by molar-refractivity contribution is -0.125.